The highest BCUT2D eigenvalue weighted by Crippen LogP contribution is 2.14. The summed E-state index contributed by atoms with van der Waals surface area (Å²) in [6.07, 6.45) is 3.96. The molecule has 1 unspecified atom stereocenters. The van der Waals surface area contributed by atoms with Gasteiger partial charge in [0.25, 0.3) is 0 Å². The molecular weight excluding hydrogens is 196 g/mol. The van der Waals surface area contributed by atoms with E-state index < -0.39 is 0 Å². The van der Waals surface area contributed by atoms with Crippen LogP contribution in [0.2, 0.25) is 0 Å². The first-order chi connectivity index (χ1) is 7.35. The molecular formula is C14H32N2. The van der Waals surface area contributed by atoms with E-state index in [1.165, 1.54) is 32.4 Å². The molecule has 0 aliphatic carbocycles. The van der Waals surface area contributed by atoms with Crippen LogP contribution in [0.1, 0.15) is 53.9 Å². The molecule has 0 saturated carbocycles. The summed E-state index contributed by atoms with van der Waals surface area (Å²) in [4.78, 5) is 2.46. The number of hydrogen-bond donors (Lipinski definition) is 1. The Hall–Kier alpha value is -0.0800. The van der Waals surface area contributed by atoms with Gasteiger partial charge in [0.05, 0.1) is 0 Å². The fourth-order valence-corrected chi connectivity index (χ4v) is 2.17. The summed E-state index contributed by atoms with van der Waals surface area (Å²) in [6, 6.07) is 0.679. The second-order valence-electron chi connectivity index (χ2n) is 6.25. The van der Waals surface area contributed by atoms with Gasteiger partial charge >= 0.3 is 0 Å². The summed E-state index contributed by atoms with van der Waals surface area (Å²) < 4.78 is 0. The van der Waals surface area contributed by atoms with Crippen LogP contribution in [-0.2, 0) is 0 Å². The van der Waals surface area contributed by atoms with Gasteiger partial charge in [-0.05, 0) is 45.3 Å². The van der Waals surface area contributed by atoms with E-state index in [0.29, 0.717) is 11.5 Å². The molecule has 0 fully saturated rings. The predicted molar refractivity (Wildman–Crippen MR) is 73.9 cm³/mol. The van der Waals surface area contributed by atoms with Gasteiger partial charge in [-0.15, -0.1) is 0 Å². The van der Waals surface area contributed by atoms with Crippen LogP contribution in [0.4, 0.5) is 0 Å². The summed E-state index contributed by atoms with van der Waals surface area (Å²) in [7, 11) is 2.24. The zero-order valence-corrected chi connectivity index (χ0v) is 12.3. The van der Waals surface area contributed by atoms with Crippen molar-refractivity contribution in [3.63, 3.8) is 0 Å². The standard InChI is InChI=1S/C14H32N2/c1-7-15-13(2)10-8-9-11-16(6)12-14(3,4)5/h13,15H,7-12H2,1-6H3. The molecule has 1 N–H and O–H groups in total. The minimum atomic E-state index is 0.422. The van der Waals surface area contributed by atoms with E-state index in [1.807, 2.05) is 0 Å². The van der Waals surface area contributed by atoms with Gasteiger partial charge in [0.15, 0.2) is 0 Å². The predicted octanol–water partition coefficient (Wildman–Crippen LogP) is 3.13. The summed E-state index contributed by atoms with van der Waals surface area (Å²) in [6.45, 7) is 14.9. The molecule has 2 nitrogen and oxygen atoms in total. The van der Waals surface area contributed by atoms with Crippen molar-refractivity contribution in [1.29, 1.82) is 0 Å². The van der Waals surface area contributed by atoms with Crippen LogP contribution in [-0.4, -0.2) is 37.6 Å². The molecule has 1 atom stereocenters. The van der Waals surface area contributed by atoms with Crippen molar-refractivity contribution in [2.24, 2.45) is 5.41 Å². The molecule has 0 heterocycles. The first kappa shape index (κ1) is 15.9. The zero-order chi connectivity index (χ0) is 12.6. The lowest BCUT2D eigenvalue weighted by molar-refractivity contribution is 0.222. The van der Waals surface area contributed by atoms with E-state index in [-0.39, 0.29) is 0 Å². The fourth-order valence-electron chi connectivity index (χ4n) is 2.17. The van der Waals surface area contributed by atoms with Crippen LogP contribution >= 0.6 is 0 Å². The van der Waals surface area contributed by atoms with Gasteiger partial charge in [0.2, 0.25) is 0 Å². The quantitative estimate of drug-likeness (QED) is 0.642. The van der Waals surface area contributed by atoms with E-state index >= 15 is 0 Å². The highest BCUT2D eigenvalue weighted by atomic mass is 15.1. The first-order valence-electron chi connectivity index (χ1n) is 6.77. The summed E-state index contributed by atoms with van der Waals surface area (Å²) in [5.41, 5.74) is 0.422. The Kier molecular flexibility index (Phi) is 8.04. The van der Waals surface area contributed by atoms with Gasteiger partial charge in [0, 0.05) is 12.6 Å². The van der Waals surface area contributed by atoms with E-state index in [2.05, 4.69) is 51.9 Å². The molecule has 0 bridgehead atoms. The Balaban J connectivity index is 3.44. The Morgan fingerprint density at radius 1 is 1.19 bits per heavy atom. The summed E-state index contributed by atoms with van der Waals surface area (Å²) in [5.74, 6) is 0. The highest BCUT2D eigenvalue weighted by molar-refractivity contribution is 4.67. The van der Waals surface area contributed by atoms with Crippen LogP contribution in [0.15, 0.2) is 0 Å². The van der Waals surface area contributed by atoms with Gasteiger partial charge in [-0.25, -0.2) is 0 Å². The smallest absolute Gasteiger partial charge is 0.00386 e. The molecule has 0 aliphatic rings. The molecule has 0 aromatic carbocycles. The average Bonchev–Trinajstić information content (AvgIpc) is 2.10. The molecule has 0 aromatic heterocycles. The van der Waals surface area contributed by atoms with Crippen LogP contribution < -0.4 is 5.32 Å². The van der Waals surface area contributed by atoms with Crippen LogP contribution in [0.25, 0.3) is 0 Å². The molecule has 98 valence electrons. The number of nitrogens with one attached hydrogen (secondary N) is 1. The molecule has 0 amide bonds. The molecule has 0 spiro atoms. The van der Waals surface area contributed by atoms with Crippen molar-refractivity contribution >= 4 is 0 Å². The lowest BCUT2D eigenvalue weighted by Gasteiger charge is -2.26. The van der Waals surface area contributed by atoms with Crippen molar-refractivity contribution in [3.8, 4) is 0 Å². The molecule has 0 aromatic rings. The van der Waals surface area contributed by atoms with Gasteiger partial charge in [-0.2, -0.15) is 0 Å². The fraction of sp³-hybridized carbons (Fsp3) is 1.00. The van der Waals surface area contributed by atoms with E-state index in [4.69, 9.17) is 0 Å². The Bertz CT molecular complexity index is 161. The maximum atomic E-state index is 3.46. The number of unbranched alkanes of at least 4 members (excludes halogenated alkanes) is 1. The Labute approximate surface area is 103 Å². The van der Waals surface area contributed by atoms with E-state index in [9.17, 15) is 0 Å². The first-order valence-corrected chi connectivity index (χ1v) is 6.77. The van der Waals surface area contributed by atoms with Crippen molar-refractivity contribution in [2.75, 3.05) is 26.7 Å². The van der Waals surface area contributed by atoms with Crippen molar-refractivity contribution in [2.45, 2.75) is 59.9 Å². The number of hydrogen-bond acceptors (Lipinski definition) is 2. The van der Waals surface area contributed by atoms with Crippen LogP contribution in [0.5, 0.6) is 0 Å². The average molecular weight is 228 g/mol. The molecule has 0 saturated heterocycles. The van der Waals surface area contributed by atoms with Gasteiger partial charge in [-0.3, -0.25) is 0 Å². The van der Waals surface area contributed by atoms with E-state index in [0.717, 1.165) is 6.54 Å². The molecule has 0 radical (unpaired) electrons. The zero-order valence-electron chi connectivity index (χ0n) is 12.3. The Morgan fingerprint density at radius 2 is 1.81 bits per heavy atom. The third kappa shape index (κ3) is 10.4. The maximum absolute atomic E-state index is 3.46. The summed E-state index contributed by atoms with van der Waals surface area (Å²) in [5, 5.41) is 3.46. The third-order valence-electron chi connectivity index (χ3n) is 2.72. The molecule has 0 rings (SSSR count). The van der Waals surface area contributed by atoms with Crippen LogP contribution in [0.3, 0.4) is 0 Å². The second kappa shape index (κ2) is 8.08. The Morgan fingerprint density at radius 3 is 2.31 bits per heavy atom. The summed E-state index contributed by atoms with van der Waals surface area (Å²) >= 11 is 0. The lowest BCUT2D eigenvalue weighted by Crippen LogP contribution is -2.30. The lowest BCUT2D eigenvalue weighted by atomic mass is 9.96. The normalized spacial score (nSPS) is 14.4. The molecule has 16 heavy (non-hydrogen) atoms. The maximum Gasteiger partial charge on any atom is 0.00386 e. The van der Waals surface area contributed by atoms with E-state index in [1.54, 1.807) is 0 Å². The van der Waals surface area contributed by atoms with Crippen molar-refractivity contribution in [1.82, 2.24) is 10.2 Å². The number of nitrogens with zero attached hydrogens (tertiary/aromatic N) is 1. The topological polar surface area (TPSA) is 15.3 Å². The van der Waals surface area contributed by atoms with Gasteiger partial charge in [0.1, 0.15) is 0 Å². The van der Waals surface area contributed by atoms with Crippen LogP contribution in [0, 0.1) is 5.41 Å². The van der Waals surface area contributed by atoms with Gasteiger partial charge < -0.3 is 10.2 Å². The van der Waals surface area contributed by atoms with Crippen molar-refractivity contribution in [3.05, 3.63) is 0 Å². The third-order valence-corrected chi connectivity index (χ3v) is 2.72. The second-order valence-corrected chi connectivity index (χ2v) is 6.25. The largest absolute Gasteiger partial charge is 0.315 e. The van der Waals surface area contributed by atoms with Gasteiger partial charge in [-0.1, -0.05) is 34.1 Å². The highest BCUT2D eigenvalue weighted by Gasteiger charge is 2.12. The van der Waals surface area contributed by atoms with Crippen molar-refractivity contribution < 1.29 is 0 Å². The minimum absolute atomic E-state index is 0.422. The molecule has 0 aliphatic heterocycles. The monoisotopic (exact) mass is 228 g/mol. The number of rotatable bonds is 8. The minimum Gasteiger partial charge on any atom is -0.315 e. The SMILES string of the molecule is CCNC(C)CCCCN(C)CC(C)(C)C. The molecule has 2 heteroatoms.